The first-order chi connectivity index (χ1) is 12.9. The summed E-state index contributed by atoms with van der Waals surface area (Å²) >= 11 is 6.08. The van der Waals surface area contributed by atoms with Crippen LogP contribution in [-0.4, -0.2) is 36.3 Å². The molecule has 2 aromatic rings. The predicted molar refractivity (Wildman–Crippen MR) is 110 cm³/mol. The SMILES string of the molecule is CN(C)CCC1(c2cccc(CN3Cc4c(N)cc(Cl)cc4C3=O)c2)CC1. The van der Waals surface area contributed by atoms with E-state index in [0.717, 1.165) is 12.1 Å². The molecule has 0 atom stereocenters. The van der Waals surface area contributed by atoms with Crippen molar-refractivity contribution in [3.05, 3.63) is 63.7 Å². The molecule has 1 heterocycles. The van der Waals surface area contributed by atoms with E-state index in [4.69, 9.17) is 17.3 Å². The van der Waals surface area contributed by atoms with Crippen molar-refractivity contribution in [1.82, 2.24) is 9.80 Å². The molecule has 1 saturated carbocycles. The highest BCUT2D eigenvalue weighted by Crippen LogP contribution is 2.51. The van der Waals surface area contributed by atoms with Crippen LogP contribution in [0.4, 0.5) is 5.69 Å². The molecule has 0 saturated heterocycles. The molecule has 0 radical (unpaired) electrons. The number of nitrogens with two attached hydrogens (primary N) is 1. The zero-order valence-electron chi connectivity index (χ0n) is 16.0. The summed E-state index contributed by atoms with van der Waals surface area (Å²) in [5, 5.41) is 0.514. The summed E-state index contributed by atoms with van der Waals surface area (Å²) in [5.41, 5.74) is 11.1. The Hall–Kier alpha value is -2.04. The number of carbonyl (C=O) groups is 1. The summed E-state index contributed by atoms with van der Waals surface area (Å²) in [6, 6.07) is 12.2. The fraction of sp³-hybridized carbons (Fsp3) is 0.409. The van der Waals surface area contributed by atoms with Crippen LogP contribution in [0.25, 0.3) is 0 Å². The minimum atomic E-state index is 0.0124. The first kappa shape index (κ1) is 18.3. The number of benzene rings is 2. The Bertz CT molecular complexity index is 889. The van der Waals surface area contributed by atoms with Gasteiger partial charge in [0, 0.05) is 34.9 Å². The second-order valence-electron chi connectivity index (χ2n) is 8.22. The second kappa shape index (κ2) is 6.84. The zero-order valence-corrected chi connectivity index (χ0v) is 16.7. The van der Waals surface area contributed by atoms with Crippen LogP contribution >= 0.6 is 11.6 Å². The molecular formula is C22H26ClN3O. The lowest BCUT2D eigenvalue weighted by Crippen LogP contribution is -2.23. The van der Waals surface area contributed by atoms with E-state index in [-0.39, 0.29) is 5.91 Å². The molecule has 27 heavy (non-hydrogen) atoms. The van der Waals surface area contributed by atoms with E-state index in [1.165, 1.54) is 30.4 Å². The maximum Gasteiger partial charge on any atom is 0.254 e. The van der Waals surface area contributed by atoms with Crippen LogP contribution in [0.2, 0.25) is 5.02 Å². The van der Waals surface area contributed by atoms with E-state index in [1.807, 2.05) is 4.90 Å². The Labute approximate surface area is 165 Å². The molecule has 2 N–H and O–H groups in total. The van der Waals surface area contributed by atoms with E-state index in [2.05, 4.69) is 43.3 Å². The molecule has 5 heteroatoms. The molecule has 0 aromatic heterocycles. The molecule has 0 unspecified atom stereocenters. The van der Waals surface area contributed by atoms with Crippen LogP contribution in [0, 0.1) is 0 Å². The molecule has 4 rings (SSSR count). The maximum atomic E-state index is 12.8. The summed E-state index contributed by atoms with van der Waals surface area (Å²) in [6.07, 6.45) is 3.70. The van der Waals surface area contributed by atoms with E-state index in [9.17, 15) is 4.79 Å². The van der Waals surface area contributed by atoms with Crippen molar-refractivity contribution < 1.29 is 4.79 Å². The largest absolute Gasteiger partial charge is 0.398 e. The first-order valence-corrected chi connectivity index (χ1v) is 9.87. The predicted octanol–water partition coefficient (Wildman–Crippen LogP) is 4.06. The quantitative estimate of drug-likeness (QED) is 0.765. The van der Waals surface area contributed by atoms with Gasteiger partial charge in [-0.2, -0.15) is 0 Å². The van der Waals surface area contributed by atoms with Crippen molar-refractivity contribution in [2.24, 2.45) is 0 Å². The first-order valence-electron chi connectivity index (χ1n) is 9.49. The summed E-state index contributed by atoms with van der Waals surface area (Å²) in [6.45, 7) is 2.25. The molecular weight excluding hydrogens is 358 g/mol. The maximum absolute atomic E-state index is 12.8. The molecule has 0 bridgehead atoms. The number of hydrogen-bond acceptors (Lipinski definition) is 3. The molecule has 142 valence electrons. The van der Waals surface area contributed by atoms with Crippen LogP contribution in [0.1, 0.15) is 46.3 Å². The van der Waals surface area contributed by atoms with Crippen molar-refractivity contribution in [3.8, 4) is 0 Å². The molecule has 2 aliphatic rings. The Morgan fingerprint density at radius 1 is 1.22 bits per heavy atom. The number of fused-ring (bicyclic) bond motifs is 1. The minimum Gasteiger partial charge on any atom is -0.398 e. The summed E-state index contributed by atoms with van der Waals surface area (Å²) in [5.74, 6) is 0.0124. The number of anilines is 1. The topological polar surface area (TPSA) is 49.6 Å². The standard InChI is InChI=1S/C22H26ClN3O/c1-25(2)9-8-22(6-7-22)16-5-3-4-15(10-16)13-26-14-19-18(21(26)27)11-17(23)12-20(19)24/h3-5,10-12H,6-9,13-14,24H2,1-2H3. The smallest absolute Gasteiger partial charge is 0.254 e. The molecule has 1 aliphatic carbocycles. The molecule has 4 nitrogen and oxygen atoms in total. The van der Waals surface area contributed by atoms with Crippen LogP contribution < -0.4 is 5.73 Å². The summed E-state index contributed by atoms with van der Waals surface area (Å²) < 4.78 is 0. The van der Waals surface area contributed by atoms with Crippen molar-refractivity contribution in [2.75, 3.05) is 26.4 Å². The number of halogens is 1. The van der Waals surface area contributed by atoms with Crippen molar-refractivity contribution in [2.45, 2.75) is 37.8 Å². The van der Waals surface area contributed by atoms with Gasteiger partial charge in [-0.25, -0.2) is 0 Å². The lowest BCUT2D eigenvalue weighted by Gasteiger charge is -2.21. The highest BCUT2D eigenvalue weighted by atomic mass is 35.5. The molecule has 1 amide bonds. The Balaban J connectivity index is 1.52. The number of carbonyl (C=O) groups excluding carboxylic acids is 1. The van der Waals surface area contributed by atoms with Crippen LogP contribution in [0.15, 0.2) is 36.4 Å². The van der Waals surface area contributed by atoms with Crippen molar-refractivity contribution >= 4 is 23.2 Å². The van der Waals surface area contributed by atoms with Gasteiger partial charge in [-0.15, -0.1) is 0 Å². The second-order valence-corrected chi connectivity index (χ2v) is 8.65. The van der Waals surface area contributed by atoms with Gasteiger partial charge in [-0.05, 0) is 68.6 Å². The van der Waals surface area contributed by atoms with Gasteiger partial charge in [0.1, 0.15) is 0 Å². The lowest BCUT2D eigenvalue weighted by molar-refractivity contribution is 0.0767. The third-order valence-electron chi connectivity index (χ3n) is 5.92. The number of amides is 1. The Morgan fingerprint density at radius 2 is 2.00 bits per heavy atom. The lowest BCUT2D eigenvalue weighted by atomic mass is 9.91. The van der Waals surface area contributed by atoms with E-state index >= 15 is 0 Å². The van der Waals surface area contributed by atoms with Crippen LogP contribution in [0.5, 0.6) is 0 Å². The molecule has 2 aromatic carbocycles. The molecule has 1 aliphatic heterocycles. The average molecular weight is 384 g/mol. The van der Waals surface area contributed by atoms with Gasteiger partial charge in [-0.1, -0.05) is 35.9 Å². The number of rotatable bonds is 6. The van der Waals surface area contributed by atoms with Crippen molar-refractivity contribution in [3.63, 3.8) is 0 Å². The Kier molecular flexibility index (Phi) is 4.65. The fourth-order valence-corrected chi connectivity index (χ4v) is 4.30. The number of nitrogens with zero attached hydrogens (tertiary/aromatic N) is 2. The monoisotopic (exact) mass is 383 g/mol. The molecule has 0 spiro atoms. The van der Waals surface area contributed by atoms with E-state index < -0.39 is 0 Å². The van der Waals surface area contributed by atoms with Gasteiger partial charge < -0.3 is 15.5 Å². The van der Waals surface area contributed by atoms with Gasteiger partial charge in [0.15, 0.2) is 0 Å². The van der Waals surface area contributed by atoms with Gasteiger partial charge in [-0.3, -0.25) is 4.79 Å². The third kappa shape index (κ3) is 3.56. The average Bonchev–Trinajstić information content (AvgIpc) is 3.36. The Morgan fingerprint density at radius 3 is 2.70 bits per heavy atom. The van der Waals surface area contributed by atoms with Crippen molar-refractivity contribution in [1.29, 1.82) is 0 Å². The minimum absolute atomic E-state index is 0.0124. The van der Waals surface area contributed by atoms with Crippen LogP contribution in [-0.2, 0) is 18.5 Å². The zero-order chi connectivity index (χ0) is 19.2. The number of nitrogen functional groups attached to an aromatic ring is 1. The number of hydrogen-bond donors (Lipinski definition) is 1. The third-order valence-corrected chi connectivity index (χ3v) is 6.14. The molecule has 1 fully saturated rings. The van der Waals surface area contributed by atoms with Gasteiger partial charge in [0.05, 0.1) is 0 Å². The highest BCUT2D eigenvalue weighted by Gasteiger charge is 2.43. The van der Waals surface area contributed by atoms with Gasteiger partial charge >= 0.3 is 0 Å². The van der Waals surface area contributed by atoms with E-state index in [0.29, 0.717) is 34.8 Å². The highest BCUT2D eigenvalue weighted by molar-refractivity contribution is 6.31. The van der Waals surface area contributed by atoms with Gasteiger partial charge in [0.2, 0.25) is 0 Å². The van der Waals surface area contributed by atoms with Gasteiger partial charge in [0.25, 0.3) is 5.91 Å². The van der Waals surface area contributed by atoms with Crippen LogP contribution in [0.3, 0.4) is 0 Å². The van der Waals surface area contributed by atoms with E-state index in [1.54, 1.807) is 12.1 Å². The normalized spacial score (nSPS) is 17.5. The fourth-order valence-electron chi connectivity index (χ4n) is 4.08. The summed E-state index contributed by atoms with van der Waals surface area (Å²) in [7, 11) is 4.25. The summed E-state index contributed by atoms with van der Waals surface area (Å²) in [4.78, 5) is 16.9.